The molecule has 6 heteroatoms. The normalized spacial score (nSPS) is 10.1. The molecule has 0 aliphatic heterocycles. The second-order valence-electron chi connectivity index (χ2n) is 2.79. The average molecular weight is 202 g/mol. The summed E-state index contributed by atoms with van der Waals surface area (Å²) in [6, 6.07) is 4.06. The fourth-order valence-corrected chi connectivity index (χ4v) is 1.16. The van der Waals surface area contributed by atoms with Crippen LogP contribution < -0.4 is 0 Å². The molecule has 0 fully saturated rings. The van der Waals surface area contributed by atoms with Crippen LogP contribution in [-0.2, 0) is 4.79 Å². The Morgan fingerprint density at radius 2 is 2.13 bits per heavy atom. The molecule has 1 aromatic heterocycles. The SMILES string of the molecule is O=[C]c1cnc2cc([N+](=O)[O-])ccc2n1. The molecule has 73 valence electrons. The molecule has 0 unspecified atom stereocenters. The van der Waals surface area contributed by atoms with Crippen molar-refractivity contribution in [2.75, 3.05) is 0 Å². The zero-order valence-corrected chi connectivity index (χ0v) is 7.38. The van der Waals surface area contributed by atoms with Crippen LogP contribution in [0.1, 0.15) is 5.69 Å². The summed E-state index contributed by atoms with van der Waals surface area (Å²) in [4.78, 5) is 28.0. The summed E-state index contributed by atoms with van der Waals surface area (Å²) < 4.78 is 0. The van der Waals surface area contributed by atoms with Crippen molar-refractivity contribution < 1.29 is 9.72 Å². The van der Waals surface area contributed by atoms with Gasteiger partial charge < -0.3 is 0 Å². The number of nitrogens with zero attached hydrogens (tertiary/aromatic N) is 3. The topological polar surface area (TPSA) is 86.0 Å². The molecule has 0 saturated heterocycles. The fourth-order valence-electron chi connectivity index (χ4n) is 1.16. The van der Waals surface area contributed by atoms with Gasteiger partial charge in [0.15, 0.2) is 0 Å². The minimum atomic E-state index is -0.513. The third-order valence-electron chi connectivity index (χ3n) is 1.84. The van der Waals surface area contributed by atoms with Gasteiger partial charge in [0.2, 0.25) is 0 Å². The molecule has 2 aromatic rings. The molecule has 0 bridgehead atoms. The van der Waals surface area contributed by atoms with Gasteiger partial charge in [-0.3, -0.25) is 19.9 Å². The summed E-state index contributed by atoms with van der Waals surface area (Å²) >= 11 is 0. The van der Waals surface area contributed by atoms with Crippen LogP contribution in [0.15, 0.2) is 24.4 Å². The first-order chi connectivity index (χ1) is 7.20. The highest BCUT2D eigenvalue weighted by molar-refractivity contribution is 5.81. The van der Waals surface area contributed by atoms with Gasteiger partial charge in [-0.1, -0.05) is 0 Å². The van der Waals surface area contributed by atoms with Gasteiger partial charge in [0.05, 0.1) is 22.2 Å². The largest absolute Gasteiger partial charge is 0.283 e. The Bertz CT molecular complexity index is 553. The van der Waals surface area contributed by atoms with E-state index in [0.717, 1.165) is 0 Å². The number of hydrogen-bond acceptors (Lipinski definition) is 5. The van der Waals surface area contributed by atoms with E-state index < -0.39 is 4.92 Å². The van der Waals surface area contributed by atoms with Crippen LogP contribution in [0.3, 0.4) is 0 Å². The summed E-state index contributed by atoms with van der Waals surface area (Å²) in [5.74, 6) is 0. The van der Waals surface area contributed by atoms with E-state index in [4.69, 9.17) is 0 Å². The predicted octanol–water partition coefficient (Wildman–Crippen LogP) is 0.996. The summed E-state index contributed by atoms with van der Waals surface area (Å²) in [5.41, 5.74) is 0.834. The van der Waals surface area contributed by atoms with Crippen molar-refractivity contribution in [2.45, 2.75) is 0 Å². The maximum Gasteiger partial charge on any atom is 0.271 e. The first kappa shape index (κ1) is 9.20. The lowest BCUT2D eigenvalue weighted by molar-refractivity contribution is -0.384. The summed E-state index contributed by atoms with van der Waals surface area (Å²) in [6.07, 6.45) is 2.82. The maximum absolute atomic E-state index is 10.5. The van der Waals surface area contributed by atoms with E-state index >= 15 is 0 Å². The minimum absolute atomic E-state index is 0.0559. The highest BCUT2D eigenvalue weighted by Gasteiger charge is 2.07. The van der Waals surface area contributed by atoms with Crippen LogP contribution in [-0.4, -0.2) is 21.2 Å². The van der Waals surface area contributed by atoms with Crippen molar-refractivity contribution in [3.05, 3.63) is 40.2 Å². The summed E-state index contributed by atoms with van der Waals surface area (Å²) in [7, 11) is 0. The average Bonchev–Trinajstić information content (AvgIpc) is 2.27. The van der Waals surface area contributed by atoms with Crippen molar-refractivity contribution in [1.82, 2.24) is 9.97 Å². The Kier molecular flexibility index (Phi) is 2.09. The minimum Gasteiger partial charge on any atom is -0.283 e. The van der Waals surface area contributed by atoms with Crippen molar-refractivity contribution in [3.63, 3.8) is 0 Å². The third kappa shape index (κ3) is 1.64. The van der Waals surface area contributed by atoms with Crippen molar-refractivity contribution in [3.8, 4) is 0 Å². The van der Waals surface area contributed by atoms with E-state index in [1.807, 2.05) is 0 Å². The zero-order chi connectivity index (χ0) is 10.8. The standard InChI is InChI=1S/C9H4N3O3/c13-5-6-4-10-9-3-7(12(14)15)1-2-8(9)11-6/h1-4H. The van der Waals surface area contributed by atoms with Crippen LogP contribution in [0.2, 0.25) is 0 Å². The van der Waals surface area contributed by atoms with E-state index in [-0.39, 0.29) is 11.4 Å². The van der Waals surface area contributed by atoms with Crippen molar-refractivity contribution in [2.24, 2.45) is 0 Å². The van der Waals surface area contributed by atoms with E-state index in [1.54, 1.807) is 6.29 Å². The fraction of sp³-hybridized carbons (Fsp3) is 0. The molecule has 15 heavy (non-hydrogen) atoms. The number of hydrogen-bond donors (Lipinski definition) is 0. The Labute approximate surface area is 83.7 Å². The molecular formula is C9H4N3O3. The van der Waals surface area contributed by atoms with Gasteiger partial charge in [-0.25, -0.2) is 4.98 Å². The summed E-state index contributed by atoms with van der Waals surface area (Å²) in [5, 5.41) is 10.5. The zero-order valence-electron chi connectivity index (χ0n) is 7.38. The van der Waals surface area contributed by atoms with Gasteiger partial charge in [0.25, 0.3) is 12.0 Å². The monoisotopic (exact) mass is 202 g/mol. The molecule has 1 heterocycles. The second kappa shape index (κ2) is 3.41. The van der Waals surface area contributed by atoms with Crippen molar-refractivity contribution in [1.29, 1.82) is 0 Å². The Hall–Kier alpha value is -2.37. The molecule has 6 nitrogen and oxygen atoms in total. The predicted molar refractivity (Wildman–Crippen MR) is 51.0 cm³/mol. The van der Waals surface area contributed by atoms with Crippen LogP contribution in [0.5, 0.6) is 0 Å². The van der Waals surface area contributed by atoms with Crippen LogP contribution in [0.25, 0.3) is 11.0 Å². The number of rotatable bonds is 2. The number of carbonyl (C=O) groups excluding carboxylic acids is 1. The number of nitro benzene ring substituents is 1. The molecule has 0 N–H and O–H groups in total. The Morgan fingerprint density at radius 1 is 1.33 bits per heavy atom. The maximum atomic E-state index is 10.5. The van der Waals surface area contributed by atoms with Gasteiger partial charge in [-0.15, -0.1) is 0 Å². The Balaban J connectivity index is 2.64. The molecular weight excluding hydrogens is 198 g/mol. The van der Waals surface area contributed by atoms with Gasteiger partial charge in [0, 0.05) is 12.1 Å². The second-order valence-corrected chi connectivity index (χ2v) is 2.79. The van der Waals surface area contributed by atoms with Crippen LogP contribution in [0, 0.1) is 10.1 Å². The lowest BCUT2D eigenvalue weighted by atomic mass is 10.2. The molecule has 0 aliphatic carbocycles. The lowest BCUT2D eigenvalue weighted by Crippen LogP contribution is -1.93. The molecule has 0 atom stereocenters. The number of benzene rings is 1. The highest BCUT2D eigenvalue weighted by Crippen LogP contribution is 2.17. The van der Waals surface area contributed by atoms with Gasteiger partial charge in [0.1, 0.15) is 5.69 Å². The number of non-ortho nitro benzene ring substituents is 1. The first-order valence-electron chi connectivity index (χ1n) is 4.00. The summed E-state index contributed by atoms with van der Waals surface area (Å²) in [6.45, 7) is 0. The van der Waals surface area contributed by atoms with Gasteiger partial charge in [-0.2, -0.15) is 0 Å². The number of aromatic nitrogens is 2. The highest BCUT2D eigenvalue weighted by atomic mass is 16.6. The smallest absolute Gasteiger partial charge is 0.271 e. The Morgan fingerprint density at radius 3 is 2.80 bits per heavy atom. The third-order valence-corrected chi connectivity index (χ3v) is 1.84. The molecule has 0 saturated carbocycles. The lowest BCUT2D eigenvalue weighted by Gasteiger charge is -1.96. The van der Waals surface area contributed by atoms with E-state index in [0.29, 0.717) is 11.0 Å². The van der Waals surface area contributed by atoms with Crippen molar-refractivity contribution >= 4 is 23.0 Å². The van der Waals surface area contributed by atoms with E-state index in [9.17, 15) is 14.9 Å². The number of nitro groups is 1. The van der Waals surface area contributed by atoms with Crippen LogP contribution in [0.4, 0.5) is 5.69 Å². The van der Waals surface area contributed by atoms with E-state index in [1.165, 1.54) is 24.4 Å². The molecule has 1 aromatic carbocycles. The first-order valence-corrected chi connectivity index (χ1v) is 4.00. The molecule has 0 spiro atoms. The van der Waals surface area contributed by atoms with E-state index in [2.05, 4.69) is 9.97 Å². The molecule has 0 amide bonds. The number of fused-ring (bicyclic) bond motifs is 1. The van der Waals surface area contributed by atoms with Gasteiger partial charge >= 0.3 is 0 Å². The van der Waals surface area contributed by atoms with Crippen LogP contribution >= 0.6 is 0 Å². The van der Waals surface area contributed by atoms with Gasteiger partial charge in [-0.05, 0) is 6.07 Å². The molecule has 2 rings (SSSR count). The molecule has 0 aliphatic rings. The quantitative estimate of drug-likeness (QED) is 0.535. The molecule has 1 radical (unpaired) electrons.